The third-order valence-electron chi connectivity index (χ3n) is 5.98. The van der Waals surface area contributed by atoms with Gasteiger partial charge in [0.1, 0.15) is 17.5 Å². The Balaban J connectivity index is 0.000000336. The molecule has 0 amide bonds. The van der Waals surface area contributed by atoms with E-state index >= 15 is 0 Å². The number of benzene rings is 1. The van der Waals surface area contributed by atoms with Crippen molar-refractivity contribution in [1.82, 2.24) is 19.9 Å². The number of carboxylic acid groups (broad SMARTS) is 1. The van der Waals surface area contributed by atoms with Gasteiger partial charge in [-0.1, -0.05) is 35.1 Å². The number of aliphatic carboxylic acids is 1. The number of aromatic nitrogens is 3. The van der Waals surface area contributed by atoms with Crippen molar-refractivity contribution >= 4 is 57.6 Å². The first-order chi connectivity index (χ1) is 18.3. The first-order valence-corrected chi connectivity index (χ1v) is 13.6. The smallest absolute Gasteiger partial charge is 0.303 e. The van der Waals surface area contributed by atoms with E-state index in [1.54, 1.807) is 0 Å². The molecule has 1 aliphatic rings. The van der Waals surface area contributed by atoms with Gasteiger partial charge in [0.25, 0.3) is 0 Å². The van der Waals surface area contributed by atoms with Gasteiger partial charge in [-0.3, -0.25) is 14.5 Å². The minimum atomic E-state index is -0.728. The lowest BCUT2D eigenvalue weighted by Crippen LogP contribution is -2.47. The van der Waals surface area contributed by atoms with Crippen LogP contribution in [0.3, 0.4) is 0 Å². The molecular weight excluding hydrogens is 526 g/mol. The minimum Gasteiger partial charge on any atom is -0.481 e. The van der Waals surface area contributed by atoms with E-state index in [4.69, 9.17) is 16.7 Å². The molecule has 0 unspecified atom stereocenters. The number of para-hydroxylation sites is 1. The standard InChI is InChI=1S/C18H24N6O3S.C8H10ClN/c1-13-20-15(22-18-19-11-14(12-25)28-18)10-16(21-13)24-8-6-23(7-9-24)5-3-2-4-17(26)27;1-6-4-3-5-7(9)8(6)10-2/h10-12H,2-9H2,1H3,(H,26,27)(H,19,20,21,22);3-5,10H,1-2H3. The van der Waals surface area contributed by atoms with Crippen LogP contribution in [0.5, 0.6) is 0 Å². The molecule has 0 atom stereocenters. The molecule has 3 aromatic rings. The lowest BCUT2D eigenvalue weighted by Gasteiger charge is -2.35. The number of hydrogen-bond donors (Lipinski definition) is 3. The summed E-state index contributed by atoms with van der Waals surface area (Å²) in [5, 5.41) is 16.3. The maximum Gasteiger partial charge on any atom is 0.303 e. The summed E-state index contributed by atoms with van der Waals surface area (Å²) in [5.41, 5.74) is 2.19. The van der Waals surface area contributed by atoms with Crippen LogP contribution in [-0.2, 0) is 4.79 Å². The SMILES string of the molecule is CNc1c(C)cccc1Cl.Cc1nc(Nc2ncc(C=O)s2)cc(N2CCN(CCCCC(=O)O)CC2)n1. The Morgan fingerprint density at radius 2 is 1.95 bits per heavy atom. The van der Waals surface area contributed by atoms with E-state index in [-0.39, 0.29) is 6.42 Å². The van der Waals surface area contributed by atoms with Crippen LogP contribution < -0.4 is 15.5 Å². The van der Waals surface area contributed by atoms with Crippen LogP contribution in [0.2, 0.25) is 5.02 Å². The largest absolute Gasteiger partial charge is 0.481 e. The highest BCUT2D eigenvalue weighted by molar-refractivity contribution is 7.17. The molecule has 0 radical (unpaired) electrons. The zero-order chi connectivity index (χ0) is 27.5. The molecule has 2 aromatic heterocycles. The highest BCUT2D eigenvalue weighted by Crippen LogP contribution is 2.25. The fraction of sp³-hybridized carbons (Fsp3) is 0.423. The predicted molar refractivity (Wildman–Crippen MR) is 153 cm³/mol. The topological polar surface area (TPSA) is 124 Å². The molecule has 3 N–H and O–H groups in total. The monoisotopic (exact) mass is 559 g/mol. The van der Waals surface area contributed by atoms with E-state index in [2.05, 4.69) is 35.4 Å². The van der Waals surface area contributed by atoms with Gasteiger partial charge in [-0.2, -0.15) is 0 Å². The van der Waals surface area contributed by atoms with Gasteiger partial charge in [0, 0.05) is 45.7 Å². The number of anilines is 4. The van der Waals surface area contributed by atoms with Crippen molar-refractivity contribution in [3.63, 3.8) is 0 Å². The number of nitrogens with one attached hydrogen (secondary N) is 2. The molecule has 0 aliphatic carbocycles. The fourth-order valence-corrected chi connectivity index (χ4v) is 5.00. The van der Waals surface area contributed by atoms with Crippen molar-refractivity contribution in [1.29, 1.82) is 0 Å². The summed E-state index contributed by atoms with van der Waals surface area (Å²) in [6.07, 6.45) is 4.18. The van der Waals surface area contributed by atoms with E-state index in [9.17, 15) is 9.59 Å². The summed E-state index contributed by atoms with van der Waals surface area (Å²) in [7, 11) is 1.87. The Bertz CT molecular complexity index is 1200. The summed E-state index contributed by atoms with van der Waals surface area (Å²) >= 11 is 7.15. The number of thiazole rings is 1. The van der Waals surface area contributed by atoms with Crippen molar-refractivity contribution < 1.29 is 14.7 Å². The number of hydrogen-bond acceptors (Lipinski definition) is 10. The van der Waals surface area contributed by atoms with Crippen LogP contribution in [0, 0.1) is 13.8 Å². The van der Waals surface area contributed by atoms with Crippen molar-refractivity contribution in [3.8, 4) is 0 Å². The third-order valence-corrected chi connectivity index (χ3v) is 7.14. The number of carboxylic acids is 1. The maximum atomic E-state index is 10.8. The van der Waals surface area contributed by atoms with Gasteiger partial charge in [0.15, 0.2) is 11.4 Å². The molecule has 38 heavy (non-hydrogen) atoms. The number of aryl methyl sites for hydroxylation is 2. The van der Waals surface area contributed by atoms with Crippen LogP contribution in [0.15, 0.2) is 30.5 Å². The Hall–Kier alpha value is -3.28. The second-order valence-corrected chi connectivity index (χ2v) is 10.3. The quantitative estimate of drug-likeness (QED) is 0.234. The minimum absolute atomic E-state index is 0.239. The molecule has 204 valence electrons. The number of piperazine rings is 1. The van der Waals surface area contributed by atoms with Gasteiger partial charge in [-0.15, -0.1) is 0 Å². The summed E-state index contributed by atoms with van der Waals surface area (Å²) in [6, 6.07) is 7.74. The third kappa shape index (κ3) is 8.93. The number of carbonyl (C=O) groups is 2. The Morgan fingerprint density at radius 1 is 1.18 bits per heavy atom. The van der Waals surface area contributed by atoms with Crippen molar-refractivity contribution in [2.24, 2.45) is 0 Å². The first-order valence-electron chi connectivity index (χ1n) is 12.4. The molecule has 12 heteroatoms. The predicted octanol–water partition coefficient (Wildman–Crippen LogP) is 4.86. The normalized spacial score (nSPS) is 13.4. The highest BCUT2D eigenvalue weighted by atomic mass is 35.5. The van der Waals surface area contributed by atoms with Gasteiger partial charge in [0.05, 0.1) is 21.8 Å². The van der Waals surface area contributed by atoms with Crippen LogP contribution in [0.25, 0.3) is 0 Å². The number of rotatable bonds is 10. The number of nitrogens with zero attached hydrogens (tertiary/aromatic N) is 5. The highest BCUT2D eigenvalue weighted by Gasteiger charge is 2.19. The van der Waals surface area contributed by atoms with Crippen LogP contribution in [-0.4, -0.2) is 77.0 Å². The van der Waals surface area contributed by atoms with Gasteiger partial charge in [-0.25, -0.2) is 15.0 Å². The lowest BCUT2D eigenvalue weighted by atomic mass is 10.2. The summed E-state index contributed by atoms with van der Waals surface area (Å²) in [5.74, 6) is 1.47. The molecule has 0 spiro atoms. The molecule has 1 fully saturated rings. The van der Waals surface area contributed by atoms with Gasteiger partial charge >= 0.3 is 5.97 Å². The number of halogens is 1. The van der Waals surface area contributed by atoms with E-state index in [1.807, 2.05) is 45.2 Å². The Morgan fingerprint density at radius 3 is 2.55 bits per heavy atom. The Kier molecular flexibility index (Phi) is 11.3. The first kappa shape index (κ1) is 29.3. The Labute approximate surface area is 232 Å². The molecule has 4 rings (SSSR count). The zero-order valence-electron chi connectivity index (χ0n) is 21.9. The van der Waals surface area contributed by atoms with Gasteiger partial charge in [0.2, 0.25) is 0 Å². The van der Waals surface area contributed by atoms with Gasteiger partial charge in [-0.05, 0) is 44.9 Å². The average molecular weight is 560 g/mol. The molecule has 1 aliphatic heterocycles. The molecular formula is C26H34ClN7O3S. The molecule has 1 saturated heterocycles. The van der Waals surface area contributed by atoms with E-state index in [0.29, 0.717) is 21.7 Å². The van der Waals surface area contributed by atoms with Crippen molar-refractivity contribution in [3.05, 3.63) is 51.7 Å². The summed E-state index contributed by atoms with van der Waals surface area (Å²) < 4.78 is 0. The van der Waals surface area contributed by atoms with Crippen LogP contribution in [0.1, 0.15) is 40.3 Å². The molecule has 0 saturated carbocycles. The molecule has 1 aromatic carbocycles. The fourth-order valence-electron chi connectivity index (χ4n) is 4.05. The lowest BCUT2D eigenvalue weighted by molar-refractivity contribution is -0.137. The van der Waals surface area contributed by atoms with Crippen LogP contribution in [0.4, 0.5) is 22.5 Å². The number of aldehydes is 1. The van der Waals surface area contributed by atoms with Crippen LogP contribution >= 0.6 is 22.9 Å². The van der Waals surface area contributed by atoms with Crippen molar-refractivity contribution in [2.45, 2.75) is 33.1 Å². The summed E-state index contributed by atoms with van der Waals surface area (Å²) in [4.78, 5) is 39.7. The van der Waals surface area contributed by atoms with Gasteiger partial charge < -0.3 is 20.6 Å². The molecule has 10 nitrogen and oxygen atoms in total. The average Bonchev–Trinajstić information content (AvgIpc) is 3.34. The maximum absolute atomic E-state index is 10.8. The number of carbonyl (C=O) groups excluding carboxylic acids is 1. The van der Waals surface area contributed by atoms with E-state index in [0.717, 1.165) is 68.4 Å². The zero-order valence-corrected chi connectivity index (χ0v) is 23.5. The van der Waals surface area contributed by atoms with Crippen molar-refractivity contribution in [2.75, 3.05) is 55.3 Å². The van der Waals surface area contributed by atoms with E-state index in [1.165, 1.54) is 23.1 Å². The molecule has 3 heterocycles. The number of unbranched alkanes of at least 4 members (excludes halogenated alkanes) is 1. The summed E-state index contributed by atoms with van der Waals surface area (Å²) in [6.45, 7) is 8.38. The van der Waals surface area contributed by atoms with E-state index < -0.39 is 5.97 Å². The second-order valence-electron chi connectivity index (χ2n) is 8.83. The molecule has 0 bridgehead atoms. The second kappa shape index (κ2) is 14.6.